The molecule has 0 saturated heterocycles. The van der Waals surface area contributed by atoms with Gasteiger partial charge in [0.25, 0.3) is 0 Å². The first kappa shape index (κ1) is 76.3. The normalized spacial score (nSPS) is 0. The maximum absolute atomic E-state index is 0. The molecule has 0 spiro atoms. The van der Waals surface area contributed by atoms with E-state index in [1.54, 1.807) is 0 Å². The van der Waals surface area contributed by atoms with Crippen molar-refractivity contribution in [1.29, 1.82) is 0 Å². The second-order valence-corrected chi connectivity index (χ2v) is 0. The summed E-state index contributed by atoms with van der Waals surface area (Å²) in [5.41, 5.74) is 0. The van der Waals surface area contributed by atoms with E-state index < -0.39 is 0 Å². The smallest absolute Gasteiger partial charge is 2.00 e. The summed E-state index contributed by atoms with van der Waals surface area (Å²) < 4.78 is 0. The predicted octanol–water partition coefficient (Wildman–Crippen LogP) is -1.74. The van der Waals surface area contributed by atoms with Crippen LogP contribution in [0.25, 0.3) is 0 Å². The van der Waals surface area contributed by atoms with E-state index in [-0.39, 0.29) is 236 Å². The van der Waals surface area contributed by atoms with Crippen LogP contribution in [0.3, 0.4) is 0 Å². The molecule has 0 aliphatic carbocycles. The van der Waals surface area contributed by atoms with Gasteiger partial charge in [0, 0.05) is 0 Å². The molecule has 0 aromatic carbocycles. The summed E-state index contributed by atoms with van der Waals surface area (Å²) in [5.74, 6) is 0. The molecule has 0 bridgehead atoms. The number of hydrogen-bond donors (Lipinski definition) is 0. The van der Waals surface area contributed by atoms with Crippen molar-refractivity contribution in [2.24, 2.45) is 0 Å². The predicted molar refractivity (Wildman–Crippen MR) is 45.5 cm³/mol. The van der Waals surface area contributed by atoms with E-state index in [2.05, 4.69) is 0 Å². The SMILES string of the molecule is [Al+3].[Al+3].[Ba+2].[Ba+2].[Ca+2].[Ca+2].[H-].[H-].[H-].[H-].[H-].[H-].[H-].[H-].[O-2].[O-2].[O-2]. The molecule has 0 fully saturated rings. The average molecular weight is 465 g/mol. The molecular formula is H8Al2Ba2Ca2O3. The summed E-state index contributed by atoms with van der Waals surface area (Å²) in [4.78, 5) is 0. The summed E-state index contributed by atoms with van der Waals surface area (Å²) in [7, 11) is 0. The number of hydrogen-bond acceptors (Lipinski definition) is 0. The first-order chi connectivity index (χ1) is 0. The molecule has 0 unspecified atom stereocenters. The number of rotatable bonds is 0. The molecule has 0 atom stereocenters. The quantitative estimate of drug-likeness (QED) is 0.381. The molecule has 0 aliphatic heterocycles. The van der Waals surface area contributed by atoms with Crippen molar-refractivity contribution in [1.82, 2.24) is 0 Å². The van der Waals surface area contributed by atoms with Gasteiger partial charge >= 0.3 is 208 Å². The Morgan fingerprint density at radius 2 is 0.556 bits per heavy atom. The second-order valence-electron chi connectivity index (χ2n) is 0. The molecule has 0 aliphatic rings. The summed E-state index contributed by atoms with van der Waals surface area (Å²) in [6, 6.07) is 0. The first-order valence-electron chi connectivity index (χ1n) is 0. The third-order valence-electron chi connectivity index (χ3n) is 0. The van der Waals surface area contributed by atoms with Crippen LogP contribution < -0.4 is 0 Å². The van der Waals surface area contributed by atoms with Crippen LogP contribution in [-0.4, -0.2) is 208 Å². The van der Waals surface area contributed by atoms with Crippen molar-refractivity contribution < 1.29 is 27.8 Å². The van der Waals surface area contributed by atoms with Crippen molar-refractivity contribution >= 4 is 208 Å². The van der Waals surface area contributed by atoms with Gasteiger partial charge in [0.2, 0.25) is 0 Å². The Hall–Kier alpha value is 6.61. The van der Waals surface area contributed by atoms with Crippen LogP contribution in [-0.2, 0) is 16.4 Å². The van der Waals surface area contributed by atoms with Crippen molar-refractivity contribution in [3.8, 4) is 0 Å². The second kappa shape index (κ2) is 62.0. The van der Waals surface area contributed by atoms with E-state index in [1.165, 1.54) is 0 Å². The fourth-order valence-electron chi connectivity index (χ4n) is 0. The third-order valence-corrected chi connectivity index (χ3v) is 0. The van der Waals surface area contributed by atoms with Crippen LogP contribution in [0.5, 0.6) is 0 Å². The molecule has 0 aromatic rings. The van der Waals surface area contributed by atoms with Crippen molar-refractivity contribution in [3.63, 3.8) is 0 Å². The van der Waals surface area contributed by atoms with Gasteiger partial charge in [0.1, 0.15) is 0 Å². The van der Waals surface area contributed by atoms with Gasteiger partial charge in [-0.2, -0.15) is 0 Å². The summed E-state index contributed by atoms with van der Waals surface area (Å²) in [6.07, 6.45) is 0. The summed E-state index contributed by atoms with van der Waals surface area (Å²) in [5, 5.41) is 0. The third kappa shape index (κ3) is 53.2. The monoisotopic (exact) mass is 466 g/mol. The van der Waals surface area contributed by atoms with Gasteiger partial charge < -0.3 is 27.8 Å². The molecule has 0 radical (unpaired) electrons. The van der Waals surface area contributed by atoms with Crippen molar-refractivity contribution in [2.75, 3.05) is 0 Å². The standard InChI is InChI=1S/2Al.2Ba.2Ca.3O.8H/q2*+3;4*+2;3*-2;8*-1. The van der Waals surface area contributed by atoms with E-state index in [9.17, 15) is 0 Å². The van der Waals surface area contributed by atoms with Gasteiger partial charge in [-0.15, -0.1) is 0 Å². The fourth-order valence-corrected chi connectivity index (χ4v) is 0. The minimum atomic E-state index is 0. The Bertz CT molecular complexity index is 34.7. The zero-order chi connectivity index (χ0) is 0. The Labute approximate surface area is 229 Å². The van der Waals surface area contributed by atoms with Crippen molar-refractivity contribution in [2.45, 2.75) is 0 Å². The van der Waals surface area contributed by atoms with Crippen LogP contribution in [0.2, 0.25) is 0 Å². The molecule has 0 saturated carbocycles. The van der Waals surface area contributed by atoms with Crippen LogP contribution >= 0.6 is 0 Å². The van der Waals surface area contributed by atoms with Gasteiger partial charge in [-0.3, -0.25) is 0 Å². The summed E-state index contributed by atoms with van der Waals surface area (Å²) in [6.45, 7) is 0. The molecule has 0 amide bonds. The molecule has 0 heterocycles. The van der Waals surface area contributed by atoms with E-state index in [0.29, 0.717) is 0 Å². The Kier molecular flexibility index (Phi) is 525. The fraction of sp³-hybridized carbons (Fsp3) is 0. The molecule has 3 nitrogen and oxygen atoms in total. The van der Waals surface area contributed by atoms with Crippen LogP contribution in [0.4, 0.5) is 0 Å². The average Bonchev–Trinajstić information content (AvgIpc) is 0. The first-order valence-corrected chi connectivity index (χ1v) is 0. The van der Waals surface area contributed by atoms with Gasteiger partial charge in [0.05, 0.1) is 0 Å². The largest absolute Gasteiger partial charge is 3.00 e. The zero-order valence-electron chi connectivity index (χ0n) is 13.2. The molecule has 0 aromatic heterocycles. The topological polar surface area (TPSA) is 85.5 Å². The van der Waals surface area contributed by atoms with Gasteiger partial charge in [0.15, 0.2) is 0 Å². The Morgan fingerprint density at radius 1 is 0.556 bits per heavy atom. The minimum Gasteiger partial charge on any atom is -2.00 e. The zero-order valence-corrected chi connectivity index (χ0v) is 20.8. The Morgan fingerprint density at radius 3 is 0.556 bits per heavy atom. The van der Waals surface area contributed by atoms with E-state index in [0.717, 1.165) is 0 Å². The minimum absolute atomic E-state index is 0. The van der Waals surface area contributed by atoms with E-state index in [1.807, 2.05) is 0 Å². The maximum Gasteiger partial charge on any atom is 3.00 e. The molecule has 40 valence electrons. The van der Waals surface area contributed by atoms with E-state index in [4.69, 9.17) is 0 Å². The van der Waals surface area contributed by atoms with E-state index >= 15 is 0 Å². The van der Waals surface area contributed by atoms with Crippen molar-refractivity contribution in [3.05, 3.63) is 0 Å². The van der Waals surface area contributed by atoms with Gasteiger partial charge in [-0.25, -0.2) is 0 Å². The molecule has 9 heavy (non-hydrogen) atoms. The molecule has 0 N–H and O–H groups in total. The Balaban J connectivity index is 0. The van der Waals surface area contributed by atoms with Crippen LogP contribution in [0.15, 0.2) is 0 Å². The maximum atomic E-state index is 0. The molecule has 9 heteroatoms. The van der Waals surface area contributed by atoms with Crippen LogP contribution in [0, 0.1) is 0 Å². The molecular weight excluding hydrogens is 457 g/mol. The molecule has 0 rings (SSSR count). The van der Waals surface area contributed by atoms with Gasteiger partial charge in [-0.05, 0) is 0 Å². The van der Waals surface area contributed by atoms with Gasteiger partial charge in [-0.1, -0.05) is 0 Å². The summed E-state index contributed by atoms with van der Waals surface area (Å²) >= 11 is 0. The van der Waals surface area contributed by atoms with Crippen LogP contribution in [0.1, 0.15) is 11.4 Å².